The number of nitrogens with zero attached hydrogens (tertiary/aromatic N) is 3. The van der Waals surface area contributed by atoms with Crippen molar-refractivity contribution in [3.05, 3.63) is 39.8 Å². The van der Waals surface area contributed by atoms with Crippen molar-refractivity contribution in [3.63, 3.8) is 0 Å². The second-order valence-electron chi connectivity index (χ2n) is 6.10. The predicted octanol–water partition coefficient (Wildman–Crippen LogP) is 3.27. The average molecular weight is 347 g/mol. The summed E-state index contributed by atoms with van der Waals surface area (Å²) in [6.07, 6.45) is 0.687. The number of non-ortho nitro benzene ring substituents is 1. The van der Waals surface area contributed by atoms with Crippen molar-refractivity contribution in [2.75, 3.05) is 18.0 Å². The molecule has 1 fully saturated rings. The van der Waals surface area contributed by atoms with Crippen molar-refractivity contribution >= 4 is 28.1 Å². The first-order valence-corrected chi connectivity index (χ1v) is 8.50. The zero-order valence-electron chi connectivity index (χ0n) is 13.1. The summed E-state index contributed by atoms with van der Waals surface area (Å²) >= 11 is 1.47. The molecule has 24 heavy (non-hydrogen) atoms. The van der Waals surface area contributed by atoms with E-state index in [1.807, 2.05) is 17.2 Å². The summed E-state index contributed by atoms with van der Waals surface area (Å²) in [5.41, 5.74) is 1.60. The van der Waals surface area contributed by atoms with Gasteiger partial charge in [-0.05, 0) is 24.5 Å². The van der Waals surface area contributed by atoms with Crippen molar-refractivity contribution in [3.8, 4) is 11.3 Å². The van der Waals surface area contributed by atoms with Crippen LogP contribution in [-0.2, 0) is 4.79 Å². The minimum atomic E-state index is -0.765. The highest BCUT2D eigenvalue weighted by molar-refractivity contribution is 7.14. The zero-order chi connectivity index (χ0) is 17.3. The molecule has 1 aliphatic heterocycles. The summed E-state index contributed by atoms with van der Waals surface area (Å²) in [5, 5.41) is 22.7. The number of carboxylic acids is 1. The number of benzene rings is 1. The molecular formula is C16H17N3O4S. The largest absolute Gasteiger partial charge is 0.481 e. The Bertz CT molecular complexity index is 759. The first-order valence-electron chi connectivity index (χ1n) is 7.62. The molecule has 2 aromatic rings. The number of hydrogen-bond acceptors (Lipinski definition) is 6. The molecule has 3 rings (SSSR count). The highest BCUT2D eigenvalue weighted by atomic mass is 32.1. The molecule has 0 radical (unpaired) electrons. The van der Waals surface area contributed by atoms with E-state index in [1.54, 1.807) is 12.1 Å². The molecule has 1 aromatic heterocycles. The second kappa shape index (κ2) is 6.56. The number of hydrogen-bond donors (Lipinski definition) is 1. The SMILES string of the molecule is CC1CC(C(=O)O)CN(c2nc(-c3ccc([N+](=O)[O-])cc3)cs2)C1. The molecule has 1 saturated heterocycles. The Labute approximate surface area is 142 Å². The van der Waals surface area contributed by atoms with Gasteiger partial charge in [0, 0.05) is 36.2 Å². The van der Waals surface area contributed by atoms with Crippen LogP contribution in [0.15, 0.2) is 29.6 Å². The molecule has 0 aliphatic carbocycles. The Balaban J connectivity index is 1.79. The third kappa shape index (κ3) is 3.38. The van der Waals surface area contributed by atoms with Crippen LogP contribution < -0.4 is 4.90 Å². The summed E-state index contributed by atoms with van der Waals surface area (Å²) in [6, 6.07) is 6.27. The van der Waals surface area contributed by atoms with Gasteiger partial charge >= 0.3 is 5.97 Å². The fourth-order valence-electron chi connectivity index (χ4n) is 2.98. The van der Waals surface area contributed by atoms with Gasteiger partial charge < -0.3 is 10.0 Å². The van der Waals surface area contributed by atoms with E-state index < -0.39 is 10.9 Å². The van der Waals surface area contributed by atoms with Gasteiger partial charge in [0.25, 0.3) is 5.69 Å². The lowest BCUT2D eigenvalue weighted by molar-refractivity contribution is -0.384. The second-order valence-corrected chi connectivity index (χ2v) is 6.94. The van der Waals surface area contributed by atoms with Crippen LogP contribution in [0.5, 0.6) is 0 Å². The minimum absolute atomic E-state index is 0.0448. The molecule has 0 saturated carbocycles. The van der Waals surface area contributed by atoms with E-state index in [9.17, 15) is 20.0 Å². The number of carboxylic acid groups (broad SMARTS) is 1. The van der Waals surface area contributed by atoms with Crippen LogP contribution in [0, 0.1) is 22.0 Å². The number of aliphatic carboxylic acids is 1. The smallest absolute Gasteiger partial charge is 0.308 e. The van der Waals surface area contributed by atoms with Gasteiger partial charge in [0.15, 0.2) is 5.13 Å². The lowest BCUT2D eigenvalue weighted by atomic mass is 9.91. The first kappa shape index (κ1) is 16.4. The van der Waals surface area contributed by atoms with Crippen LogP contribution in [0.3, 0.4) is 0 Å². The number of aromatic nitrogens is 1. The maximum absolute atomic E-state index is 11.3. The molecule has 126 valence electrons. The Kier molecular flexibility index (Phi) is 4.48. The van der Waals surface area contributed by atoms with Gasteiger partial charge in [-0.2, -0.15) is 0 Å². The highest BCUT2D eigenvalue weighted by Gasteiger charge is 2.30. The third-order valence-electron chi connectivity index (χ3n) is 4.15. The maximum atomic E-state index is 11.3. The average Bonchev–Trinajstić information content (AvgIpc) is 3.04. The molecule has 1 N–H and O–H groups in total. The molecule has 7 nitrogen and oxygen atoms in total. The molecule has 1 aliphatic rings. The van der Waals surface area contributed by atoms with Gasteiger partial charge in [-0.15, -0.1) is 11.3 Å². The van der Waals surface area contributed by atoms with Crippen molar-refractivity contribution < 1.29 is 14.8 Å². The van der Waals surface area contributed by atoms with Gasteiger partial charge in [-0.1, -0.05) is 6.92 Å². The van der Waals surface area contributed by atoms with Crippen molar-refractivity contribution in [1.29, 1.82) is 0 Å². The van der Waals surface area contributed by atoms with Gasteiger partial charge in [0.1, 0.15) is 0 Å². The Morgan fingerprint density at radius 1 is 1.38 bits per heavy atom. The molecule has 0 amide bonds. The lowest BCUT2D eigenvalue weighted by Gasteiger charge is -2.34. The van der Waals surface area contributed by atoms with E-state index in [1.165, 1.54) is 23.5 Å². The molecule has 2 unspecified atom stereocenters. The third-order valence-corrected chi connectivity index (χ3v) is 5.05. The molecule has 0 bridgehead atoms. The standard InChI is InChI=1S/C16H17N3O4S/c1-10-6-12(15(20)21)8-18(7-10)16-17-14(9-24-16)11-2-4-13(5-3-11)19(22)23/h2-5,9-10,12H,6-8H2,1H3,(H,20,21). The fourth-order valence-corrected chi connectivity index (χ4v) is 3.84. The summed E-state index contributed by atoms with van der Waals surface area (Å²) in [6.45, 7) is 3.30. The van der Waals surface area contributed by atoms with E-state index in [-0.39, 0.29) is 11.6 Å². The highest BCUT2D eigenvalue weighted by Crippen LogP contribution is 2.32. The van der Waals surface area contributed by atoms with E-state index >= 15 is 0 Å². The Morgan fingerprint density at radius 3 is 2.71 bits per heavy atom. The fraction of sp³-hybridized carbons (Fsp3) is 0.375. The number of rotatable bonds is 4. The molecule has 0 spiro atoms. The number of nitro groups is 1. The molecule has 2 heterocycles. The first-order chi connectivity index (χ1) is 11.4. The topological polar surface area (TPSA) is 96.6 Å². The van der Waals surface area contributed by atoms with E-state index in [0.717, 1.165) is 22.9 Å². The lowest BCUT2D eigenvalue weighted by Crippen LogP contribution is -2.42. The summed E-state index contributed by atoms with van der Waals surface area (Å²) in [4.78, 5) is 28.2. The number of thiazole rings is 1. The van der Waals surface area contributed by atoms with Crippen LogP contribution in [0.25, 0.3) is 11.3 Å². The maximum Gasteiger partial charge on any atom is 0.308 e. The van der Waals surface area contributed by atoms with Crippen molar-refractivity contribution in [2.24, 2.45) is 11.8 Å². The van der Waals surface area contributed by atoms with Crippen LogP contribution in [0.1, 0.15) is 13.3 Å². The van der Waals surface area contributed by atoms with Crippen LogP contribution in [0.4, 0.5) is 10.8 Å². The normalized spacial score (nSPS) is 20.8. The predicted molar refractivity (Wildman–Crippen MR) is 91.3 cm³/mol. The molecule has 8 heteroatoms. The van der Waals surface area contributed by atoms with E-state index in [0.29, 0.717) is 18.9 Å². The summed E-state index contributed by atoms with van der Waals surface area (Å²) in [7, 11) is 0. The van der Waals surface area contributed by atoms with E-state index in [2.05, 4.69) is 4.98 Å². The minimum Gasteiger partial charge on any atom is -0.481 e. The number of piperidine rings is 1. The van der Waals surface area contributed by atoms with Gasteiger partial charge in [-0.25, -0.2) is 4.98 Å². The zero-order valence-corrected chi connectivity index (χ0v) is 13.9. The molecule has 1 aromatic carbocycles. The number of anilines is 1. The van der Waals surface area contributed by atoms with Crippen molar-refractivity contribution in [1.82, 2.24) is 4.98 Å². The van der Waals surface area contributed by atoms with Crippen molar-refractivity contribution in [2.45, 2.75) is 13.3 Å². The molecule has 2 atom stereocenters. The summed E-state index contributed by atoms with van der Waals surface area (Å²) in [5.74, 6) is -0.842. The van der Waals surface area contributed by atoms with E-state index in [4.69, 9.17) is 0 Å². The number of nitro benzene ring substituents is 1. The Hall–Kier alpha value is -2.48. The van der Waals surface area contributed by atoms with Crippen LogP contribution in [-0.4, -0.2) is 34.1 Å². The number of carbonyl (C=O) groups is 1. The van der Waals surface area contributed by atoms with Gasteiger partial charge in [0.05, 0.1) is 16.5 Å². The van der Waals surface area contributed by atoms with Crippen LogP contribution in [0.2, 0.25) is 0 Å². The summed E-state index contributed by atoms with van der Waals surface area (Å²) < 4.78 is 0. The quantitative estimate of drug-likeness (QED) is 0.673. The monoisotopic (exact) mass is 347 g/mol. The van der Waals surface area contributed by atoms with Crippen LogP contribution >= 0.6 is 11.3 Å². The molecular weight excluding hydrogens is 330 g/mol. The van der Waals surface area contributed by atoms with Gasteiger partial charge in [-0.3, -0.25) is 14.9 Å². The van der Waals surface area contributed by atoms with Gasteiger partial charge in [0.2, 0.25) is 0 Å². The Morgan fingerprint density at radius 2 is 2.08 bits per heavy atom.